The topological polar surface area (TPSA) is 39.3 Å². The summed E-state index contributed by atoms with van der Waals surface area (Å²) >= 11 is 6.06. The molecule has 5 rings (SSSR count). The number of piperidine rings is 1. The predicted molar refractivity (Wildman–Crippen MR) is 122 cm³/mol. The van der Waals surface area contributed by atoms with Gasteiger partial charge in [-0.3, -0.25) is 4.79 Å². The fourth-order valence-electron chi connectivity index (χ4n) is 5.42. The van der Waals surface area contributed by atoms with Crippen LogP contribution in [-0.4, -0.2) is 52.4 Å². The lowest BCUT2D eigenvalue weighted by molar-refractivity contribution is 0.0488. The van der Waals surface area contributed by atoms with E-state index in [-0.39, 0.29) is 5.91 Å². The van der Waals surface area contributed by atoms with Crippen molar-refractivity contribution in [2.75, 3.05) is 13.6 Å². The first-order valence-electron chi connectivity index (χ1n) is 10.9. The molecule has 0 aliphatic carbocycles. The van der Waals surface area contributed by atoms with Crippen LogP contribution < -0.4 is 0 Å². The van der Waals surface area contributed by atoms with E-state index in [1.165, 1.54) is 23.8 Å². The first-order valence-corrected chi connectivity index (χ1v) is 11.3. The standard InChI is InChI=1S/C25H28ClN3O/c1-28-20-10-11-21(28)15-22(14-20)29(25(30)17-6-8-19(26)9-7-17)13-12-18-16-27-24-5-3-2-4-23(18)24/h2-9,16,20-22,27H,10-15H2,1H3. The number of aromatic amines is 1. The van der Waals surface area contributed by atoms with E-state index in [1.807, 2.05) is 30.3 Å². The van der Waals surface area contributed by atoms with Crippen molar-refractivity contribution in [2.24, 2.45) is 0 Å². The molecule has 1 N–H and O–H groups in total. The average Bonchev–Trinajstić information content (AvgIpc) is 3.24. The molecule has 2 aliphatic heterocycles. The second kappa shape index (κ2) is 8.09. The summed E-state index contributed by atoms with van der Waals surface area (Å²) < 4.78 is 0. The Kier molecular flexibility index (Phi) is 5.30. The zero-order chi connectivity index (χ0) is 20.7. The van der Waals surface area contributed by atoms with Gasteiger partial charge in [0.1, 0.15) is 0 Å². The second-order valence-corrected chi connectivity index (χ2v) is 9.23. The molecular formula is C25H28ClN3O. The van der Waals surface area contributed by atoms with Crippen LogP contribution >= 0.6 is 11.6 Å². The van der Waals surface area contributed by atoms with Crippen LogP contribution in [-0.2, 0) is 6.42 Å². The van der Waals surface area contributed by atoms with E-state index in [4.69, 9.17) is 11.6 Å². The fourth-order valence-corrected chi connectivity index (χ4v) is 5.55. The first-order chi connectivity index (χ1) is 14.6. The Labute approximate surface area is 182 Å². The smallest absolute Gasteiger partial charge is 0.254 e. The van der Waals surface area contributed by atoms with Crippen molar-refractivity contribution in [1.29, 1.82) is 0 Å². The number of carbonyl (C=O) groups excluding carboxylic acids is 1. The zero-order valence-electron chi connectivity index (χ0n) is 17.4. The summed E-state index contributed by atoms with van der Waals surface area (Å²) in [5.41, 5.74) is 3.15. The molecule has 2 aliphatic rings. The molecule has 3 aromatic rings. The summed E-state index contributed by atoms with van der Waals surface area (Å²) in [6, 6.07) is 17.2. The molecule has 2 bridgehead atoms. The second-order valence-electron chi connectivity index (χ2n) is 8.79. The number of nitrogens with zero attached hydrogens (tertiary/aromatic N) is 2. The van der Waals surface area contributed by atoms with Crippen molar-refractivity contribution in [1.82, 2.24) is 14.8 Å². The lowest BCUT2D eigenvalue weighted by Gasteiger charge is -2.42. The maximum absolute atomic E-state index is 13.6. The third-order valence-electron chi connectivity index (χ3n) is 7.16. The summed E-state index contributed by atoms with van der Waals surface area (Å²) in [5, 5.41) is 1.91. The van der Waals surface area contributed by atoms with Crippen LogP contribution in [0.3, 0.4) is 0 Å². The number of hydrogen-bond acceptors (Lipinski definition) is 2. The van der Waals surface area contributed by atoms with E-state index in [9.17, 15) is 4.79 Å². The van der Waals surface area contributed by atoms with Crippen LogP contribution in [0.4, 0.5) is 0 Å². The number of aromatic nitrogens is 1. The van der Waals surface area contributed by atoms with E-state index in [0.717, 1.165) is 36.9 Å². The van der Waals surface area contributed by atoms with Gasteiger partial charge in [-0.2, -0.15) is 0 Å². The Morgan fingerprint density at radius 3 is 2.53 bits per heavy atom. The summed E-state index contributed by atoms with van der Waals surface area (Å²) in [5.74, 6) is 0.125. The van der Waals surface area contributed by atoms with Crippen molar-refractivity contribution < 1.29 is 4.79 Å². The molecule has 30 heavy (non-hydrogen) atoms. The number of carbonyl (C=O) groups is 1. The normalized spacial score (nSPS) is 23.7. The maximum Gasteiger partial charge on any atom is 0.254 e. The van der Waals surface area contributed by atoms with Crippen LogP contribution in [0, 0.1) is 0 Å². The minimum Gasteiger partial charge on any atom is -0.361 e. The largest absolute Gasteiger partial charge is 0.361 e. The van der Waals surface area contributed by atoms with Crippen molar-refractivity contribution in [3.8, 4) is 0 Å². The molecule has 4 nitrogen and oxygen atoms in total. The van der Waals surface area contributed by atoms with Crippen molar-refractivity contribution >= 4 is 28.4 Å². The van der Waals surface area contributed by atoms with Crippen LogP contribution in [0.1, 0.15) is 41.6 Å². The van der Waals surface area contributed by atoms with Gasteiger partial charge in [0.05, 0.1) is 0 Å². The minimum absolute atomic E-state index is 0.125. The highest BCUT2D eigenvalue weighted by atomic mass is 35.5. The van der Waals surface area contributed by atoms with E-state index >= 15 is 0 Å². The molecular weight excluding hydrogens is 394 g/mol. The molecule has 156 valence electrons. The molecule has 2 unspecified atom stereocenters. The van der Waals surface area contributed by atoms with E-state index in [0.29, 0.717) is 23.1 Å². The van der Waals surface area contributed by atoms with Gasteiger partial charge in [-0.25, -0.2) is 0 Å². The van der Waals surface area contributed by atoms with Crippen LogP contribution in [0.5, 0.6) is 0 Å². The molecule has 2 fully saturated rings. The number of nitrogens with one attached hydrogen (secondary N) is 1. The molecule has 1 aromatic heterocycles. The van der Waals surface area contributed by atoms with E-state index < -0.39 is 0 Å². The molecule has 2 atom stereocenters. The van der Waals surface area contributed by atoms with Gasteiger partial charge in [-0.1, -0.05) is 29.8 Å². The average molecular weight is 422 g/mol. The SMILES string of the molecule is CN1C2CCC1CC(N(CCc1c[nH]c3ccccc13)C(=O)c1ccc(Cl)cc1)C2. The Morgan fingerprint density at radius 2 is 1.80 bits per heavy atom. The molecule has 0 spiro atoms. The minimum atomic E-state index is 0.125. The monoisotopic (exact) mass is 421 g/mol. The van der Waals surface area contributed by atoms with Gasteiger partial charge < -0.3 is 14.8 Å². The molecule has 5 heteroatoms. The van der Waals surface area contributed by atoms with Crippen LogP contribution in [0.2, 0.25) is 5.02 Å². The summed E-state index contributed by atoms with van der Waals surface area (Å²) in [7, 11) is 2.25. The van der Waals surface area contributed by atoms with Gasteiger partial charge in [0.25, 0.3) is 5.91 Å². The lowest BCUT2D eigenvalue weighted by Crippen LogP contribution is -2.51. The molecule has 0 saturated carbocycles. The Morgan fingerprint density at radius 1 is 1.10 bits per heavy atom. The summed E-state index contributed by atoms with van der Waals surface area (Å²) in [6.07, 6.45) is 7.59. The number of hydrogen-bond donors (Lipinski definition) is 1. The van der Waals surface area contributed by atoms with E-state index in [2.05, 4.69) is 46.2 Å². The molecule has 3 heterocycles. The number of rotatable bonds is 5. The molecule has 0 radical (unpaired) electrons. The van der Waals surface area contributed by atoms with Crippen molar-refractivity contribution in [3.63, 3.8) is 0 Å². The Balaban J connectivity index is 1.40. The lowest BCUT2D eigenvalue weighted by atomic mass is 9.95. The van der Waals surface area contributed by atoms with E-state index in [1.54, 1.807) is 0 Å². The summed E-state index contributed by atoms with van der Waals surface area (Å²) in [4.78, 5) is 21.6. The Hall–Kier alpha value is -2.30. The molecule has 1 amide bonds. The van der Waals surface area contributed by atoms with Gasteiger partial charge >= 0.3 is 0 Å². The maximum atomic E-state index is 13.6. The van der Waals surface area contributed by atoms with Gasteiger partial charge in [0.15, 0.2) is 0 Å². The predicted octanol–water partition coefficient (Wildman–Crippen LogP) is 5.13. The van der Waals surface area contributed by atoms with Gasteiger partial charge in [-0.15, -0.1) is 0 Å². The van der Waals surface area contributed by atoms with Crippen molar-refractivity contribution in [2.45, 2.75) is 50.2 Å². The summed E-state index contributed by atoms with van der Waals surface area (Å²) in [6.45, 7) is 0.733. The highest BCUT2D eigenvalue weighted by molar-refractivity contribution is 6.30. The highest BCUT2D eigenvalue weighted by Crippen LogP contribution is 2.37. The quantitative estimate of drug-likeness (QED) is 0.620. The first kappa shape index (κ1) is 19.7. The van der Waals surface area contributed by atoms with Crippen LogP contribution in [0.25, 0.3) is 10.9 Å². The molecule has 2 saturated heterocycles. The zero-order valence-corrected chi connectivity index (χ0v) is 18.1. The van der Waals surface area contributed by atoms with Gasteiger partial charge in [0.2, 0.25) is 0 Å². The van der Waals surface area contributed by atoms with Crippen molar-refractivity contribution in [3.05, 3.63) is 70.9 Å². The number of para-hydroxylation sites is 1. The molecule has 2 aromatic carbocycles. The number of amides is 1. The number of fused-ring (bicyclic) bond motifs is 3. The van der Waals surface area contributed by atoms with Crippen LogP contribution in [0.15, 0.2) is 54.7 Å². The Bertz CT molecular complexity index is 1030. The third kappa shape index (κ3) is 3.63. The highest BCUT2D eigenvalue weighted by Gasteiger charge is 2.41. The van der Waals surface area contributed by atoms with Gasteiger partial charge in [-0.05, 0) is 75.0 Å². The fraction of sp³-hybridized carbons (Fsp3) is 0.400. The number of halogens is 1. The third-order valence-corrected chi connectivity index (χ3v) is 7.42. The number of H-pyrrole nitrogens is 1. The van der Waals surface area contributed by atoms with Gasteiger partial charge in [0, 0.05) is 52.4 Å². The number of benzene rings is 2.